The fourth-order valence-corrected chi connectivity index (χ4v) is 3.36. The third-order valence-corrected chi connectivity index (χ3v) is 4.55. The maximum atomic E-state index is 5.46. The molecule has 0 unspecified atom stereocenters. The average molecular weight is 301 g/mol. The molecule has 1 aliphatic carbocycles. The predicted molar refractivity (Wildman–Crippen MR) is 80.2 cm³/mol. The summed E-state index contributed by atoms with van der Waals surface area (Å²) in [6, 6.07) is 10.2. The largest absolute Gasteiger partial charge is 0.408 e. The number of aromatic nitrogens is 3. The highest BCUT2D eigenvalue weighted by Gasteiger charge is 2.31. The molecule has 0 spiro atoms. The Kier molecular flexibility index (Phi) is 2.78. The second-order valence-corrected chi connectivity index (χ2v) is 6.16. The van der Waals surface area contributed by atoms with Gasteiger partial charge in [-0.3, -0.25) is 0 Å². The predicted octanol–water partition coefficient (Wildman–Crippen LogP) is 4.40. The number of aromatic amines is 1. The number of benzene rings is 1. The van der Waals surface area contributed by atoms with E-state index in [0.29, 0.717) is 16.6 Å². The zero-order valence-electron chi connectivity index (χ0n) is 10.5. The van der Waals surface area contributed by atoms with Crippen LogP contribution < -0.4 is 0 Å². The molecule has 0 radical (unpaired) electrons. The van der Waals surface area contributed by atoms with Crippen LogP contribution in [0.1, 0.15) is 24.5 Å². The number of H-pyrrole nitrogens is 1. The fraction of sp³-hybridized carbons (Fsp3) is 0.214. The van der Waals surface area contributed by atoms with Crippen molar-refractivity contribution in [3.8, 4) is 21.3 Å². The Morgan fingerprint density at radius 1 is 1.25 bits per heavy atom. The molecule has 1 N–H and O–H groups in total. The molecule has 0 atom stereocenters. The fourth-order valence-electron chi connectivity index (χ4n) is 2.15. The third kappa shape index (κ3) is 2.10. The van der Waals surface area contributed by atoms with Gasteiger partial charge in [-0.2, -0.15) is 0 Å². The molecule has 0 bridgehead atoms. The van der Waals surface area contributed by atoms with Gasteiger partial charge in [-0.1, -0.05) is 30.3 Å². The van der Waals surface area contributed by atoms with Crippen LogP contribution in [0.15, 0.2) is 34.7 Å². The average Bonchev–Trinajstić information content (AvgIpc) is 3.08. The summed E-state index contributed by atoms with van der Waals surface area (Å²) < 4.78 is 5.46. The normalized spacial score (nSPS) is 14.6. The molecule has 2 aromatic heterocycles. The molecule has 20 heavy (non-hydrogen) atoms. The second kappa shape index (κ2) is 4.64. The van der Waals surface area contributed by atoms with E-state index in [1.807, 2.05) is 18.2 Å². The van der Waals surface area contributed by atoms with Gasteiger partial charge in [0, 0.05) is 11.5 Å². The molecular formula is C14H11N3OS2. The molecule has 0 aliphatic heterocycles. The molecule has 1 fully saturated rings. The minimum absolute atomic E-state index is 0.302. The van der Waals surface area contributed by atoms with Gasteiger partial charge in [0.2, 0.25) is 0 Å². The number of hydrogen-bond donors (Lipinski definition) is 1. The van der Waals surface area contributed by atoms with E-state index in [1.165, 1.54) is 12.8 Å². The van der Waals surface area contributed by atoms with E-state index in [4.69, 9.17) is 21.6 Å². The molecule has 6 heteroatoms. The Bertz CT molecular complexity index is 799. The van der Waals surface area contributed by atoms with E-state index >= 15 is 0 Å². The molecule has 2 heterocycles. The maximum Gasteiger partial charge on any atom is 0.284 e. The van der Waals surface area contributed by atoms with Crippen molar-refractivity contribution < 1.29 is 4.42 Å². The first-order chi connectivity index (χ1) is 9.81. The quantitative estimate of drug-likeness (QED) is 0.728. The van der Waals surface area contributed by atoms with Gasteiger partial charge in [-0.25, -0.2) is 10.1 Å². The molecule has 1 saturated carbocycles. The Morgan fingerprint density at radius 2 is 2.05 bits per heavy atom. The van der Waals surface area contributed by atoms with Crippen molar-refractivity contribution in [3.05, 3.63) is 40.9 Å². The highest BCUT2D eigenvalue weighted by atomic mass is 32.1. The minimum Gasteiger partial charge on any atom is -0.408 e. The first-order valence-electron chi connectivity index (χ1n) is 6.43. The van der Waals surface area contributed by atoms with E-state index in [9.17, 15) is 0 Å². The summed E-state index contributed by atoms with van der Waals surface area (Å²) in [7, 11) is 0. The van der Waals surface area contributed by atoms with Crippen molar-refractivity contribution in [2.45, 2.75) is 18.8 Å². The molecule has 1 aliphatic rings. The van der Waals surface area contributed by atoms with Gasteiger partial charge in [0.05, 0.1) is 5.69 Å². The lowest BCUT2D eigenvalue weighted by atomic mass is 10.2. The van der Waals surface area contributed by atoms with Crippen molar-refractivity contribution >= 4 is 23.6 Å². The number of nitrogens with one attached hydrogen (secondary N) is 1. The first kappa shape index (κ1) is 12.0. The van der Waals surface area contributed by atoms with Crippen LogP contribution in [0.5, 0.6) is 0 Å². The summed E-state index contributed by atoms with van der Waals surface area (Å²) in [5, 5.41) is 7.82. The van der Waals surface area contributed by atoms with Crippen LogP contribution in [0.25, 0.3) is 21.3 Å². The van der Waals surface area contributed by atoms with E-state index < -0.39 is 0 Å². The van der Waals surface area contributed by atoms with Gasteiger partial charge >= 0.3 is 0 Å². The van der Waals surface area contributed by atoms with E-state index in [2.05, 4.69) is 22.3 Å². The van der Waals surface area contributed by atoms with Crippen molar-refractivity contribution in [1.82, 2.24) is 15.2 Å². The van der Waals surface area contributed by atoms with Gasteiger partial charge in [0.1, 0.15) is 9.88 Å². The third-order valence-electron chi connectivity index (χ3n) is 3.27. The number of thiazole rings is 1. The molecule has 1 aromatic carbocycles. The molecule has 4 nitrogen and oxygen atoms in total. The summed E-state index contributed by atoms with van der Waals surface area (Å²) in [5.41, 5.74) is 2.22. The Balaban J connectivity index is 1.86. The SMILES string of the molecule is S=c1[nH]nc(-c2sc(-c3ccccc3)nc2C2CC2)o1. The highest BCUT2D eigenvalue weighted by molar-refractivity contribution is 7.71. The summed E-state index contributed by atoms with van der Waals surface area (Å²) in [6.45, 7) is 0. The lowest BCUT2D eigenvalue weighted by Gasteiger charge is -1.93. The second-order valence-electron chi connectivity index (χ2n) is 4.79. The molecule has 3 aromatic rings. The van der Waals surface area contributed by atoms with Gasteiger partial charge in [0.15, 0.2) is 0 Å². The summed E-state index contributed by atoms with van der Waals surface area (Å²) in [5.74, 6) is 1.09. The summed E-state index contributed by atoms with van der Waals surface area (Å²) in [4.78, 5) is 6.10. The molecular weight excluding hydrogens is 290 g/mol. The first-order valence-corrected chi connectivity index (χ1v) is 7.66. The zero-order chi connectivity index (χ0) is 13.5. The monoisotopic (exact) mass is 301 g/mol. The maximum absolute atomic E-state index is 5.46. The Hall–Kier alpha value is -1.79. The lowest BCUT2D eigenvalue weighted by molar-refractivity contribution is 0.552. The number of rotatable bonds is 3. The van der Waals surface area contributed by atoms with E-state index in [-0.39, 0.29) is 0 Å². The summed E-state index contributed by atoms with van der Waals surface area (Å²) in [6.07, 6.45) is 2.38. The standard InChI is InChI=1S/C14H11N3OS2/c19-14-17-16-12(18-14)11-10(8-6-7-8)15-13(20-11)9-4-2-1-3-5-9/h1-5,8H,6-7H2,(H,17,19). The molecule has 0 amide bonds. The molecule has 0 saturated heterocycles. The van der Waals surface area contributed by atoms with Gasteiger partial charge in [-0.05, 0) is 25.1 Å². The smallest absolute Gasteiger partial charge is 0.284 e. The van der Waals surface area contributed by atoms with Crippen molar-refractivity contribution in [1.29, 1.82) is 0 Å². The Labute approximate surface area is 124 Å². The Morgan fingerprint density at radius 3 is 2.70 bits per heavy atom. The molecule has 4 rings (SSSR count). The van der Waals surface area contributed by atoms with Gasteiger partial charge < -0.3 is 4.42 Å². The zero-order valence-corrected chi connectivity index (χ0v) is 12.1. The number of hydrogen-bond acceptors (Lipinski definition) is 5. The van der Waals surface area contributed by atoms with Crippen LogP contribution in [0.3, 0.4) is 0 Å². The van der Waals surface area contributed by atoms with E-state index in [1.54, 1.807) is 11.3 Å². The van der Waals surface area contributed by atoms with Crippen LogP contribution in [0.2, 0.25) is 0 Å². The summed E-state index contributed by atoms with van der Waals surface area (Å²) >= 11 is 6.57. The topological polar surface area (TPSA) is 54.7 Å². The van der Waals surface area contributed by atoms with Crippen LogP contribution in [0.4, 0.5) is 0 Å². The van der Waals surface area contributed by atoms with Crippen LogP contribution in [-0.4, -0.2) is 15.2 Å². The van der Waals surface area contributed by atoms with Crippen LogP contribution in [0, 0.1) is 4.84 Å². The van der Waals surface area contributed by atoms with Crippen molar-refractivity contribution in [2.24, 2.45) is 0 Å². The van der Waals surface area contributed by atoms with Crippen molar-refractivity contribution in [3.63, 3.8) is 0 Å². The lowest BCUT2D eigenvalue weighted by Crippen LogP contribution is -1.84. The van der Waals surface area contributed by atoms with E-state index in [0.717, 1.165) is 21.1 Å². The highest BCUT2D eigenvalue weighted by Crippen LogP contribution is 2.47. The van der Waals surface area contributed by atoms with Gasteiger partial charge in [-0.15, -0.1) is 16.4 Å². The van der Waals surface area contributed by atoms with Crippen LogP contribution in [-0.2, 0) is 0 Å². The van der Waals surface area contributed by atoms with Crippen LogP contribution >= 0.6 is 23.6 Å². The van der Waals surface area contributed by atoms with Gasteiger partial charge in [0.25, 0.3) is 10.7 Å². The van der Waals surface area contributed by atoms with Crippen molar-refractivity contribution in [2.75, 3.05) is 0 Å². The number of nitrogens with zero attached hydrogens (tertiary/aromatic N) is 2. The molecule has 100 valence electrons. The minimum atomic E-state index is 0.302.